The molecule has 24 heavy (non-hydrogen) atoms. The molecule has 0 saturated heterocycles. The van der Waals surface area contributed by atoms with Crippen molar-refractivity contribution in [1.82, 2.24) is 25.1 Å². The number of aromatic nitrogens is 4. The second-order valence-corrected chi connectivity index (χ2v) is 7.21. The van der Waals surface area contributed by atoms with Gasteiger partial charge in [-0.3, -0.25) is 14.5 Å². The van der Waals surface area contributed by atoms with Crippen LogP contribution < -0.4 is 5.32 Å². The van der Waals surface area contributed by atoms with Gasteiger partial charge in [-0.2, -0.15) is 5.10 Å². The number of hydrogen-bond donors (Lipinski definition) is 2. The van der Waals surface area contributed by atoms with Gasteiger partial charge in [-0.15, -0.1) is 11.3 Å². The third-order valence-corrected chi connectivity index (χ3v) is 4.77. The third-order valence-electron chi connectivity index (χ3n) is 3.29. The SMILES string of the molecule is Cc1ncc(CNC(=O)Cn2c(-c3ccc(Cl)cc3)n[nH]c2=S)s1. The molecule has 0 bridgehead atoms. The summed E-state index contributed by atoms with van der Waals surface area (Å²) in [5.41, 5.74) is 0.831. The van der Waals surface area contributed by atoms with Crippen molar-refractivity contribution in [2.45, 2.75) is 20.0 Å². The molecule has 124 valence electrons. The molecule has 3 aromatic rings. The van der Waals surface area contributed by atoms with Crippen LogP contribution in [0.2, 0.25) is 5.02 Å². The van der Waals surface area contributed by atoms with Crippen LogP contribution in [0.15, 0.2) is 30.5 Å². The monoisotopic (exact) mass is 379 g/mol. The van der Waals surface area contributed by atoms with E-state index in [1.165, 1.54) is 0 Å². The number of nitrogens with one attached hydrogen (secondary N) is 2. The van der Waals surface area contributed by atoms with E-state index in [0.717, 1.165) is 15.4 Å². The minimum Gasteiger partial charge on any atom is -0.350 e. The Morgan fingerprint density at radius 2 is 2.17 bits per heavy atom. The topological polar surface area (TPSA) is 75.6 Å². The number of amides is 1. The number of nitrogens with zero attached hydrogens (tertiary/aromatic N) is 3. The lowest BCUT2D eigenvalue weighted by Gasteiger charge is -2.07. The highest BCUT2D eigenvalue weighted by Gasteiger charge is 2.12. The van der Waals surface area contributed by atoms with Crippen molar-refractivity contribution < 1.29 is 4.79 Å². The lowest BCUT2D eigenvalue weighted by molar-refractivity contribution is -0.121. The minimum atomic E-state index is -0.145. The van der Waals surface area contributed by atoms with Crippen molar-refractivity contribution in [3.05, 3.63) is 50.1 Å². The molecule has 0 spiro atoms. The van der Waals surface area contributed by atoms with Gasteiger partial charge in [0, 0.05) is 21.7 Å². The number of carbonyl (C=O) groups excluding carboxylic acids is 1. The number of halogens is 1. The number of hydrogen-bond acceptors (Lipinski definition) is 5. The Bertz CT molecular complexity index is 913. The van der Waals surface area contributed by atoms with Crippen molar-refractivity contribution in [2.24, 2.45) is 0 Å². The Labute approximate surface area is 152 Å². The van der Waals surface area contributed by atoms with Crippen LogP contribution in [0.5, 0.6) is 0 Å². The maximum absolute atomic E-state index is 12.2. The molecule has 0 atom stereocenters. The number of carbonyl (C=O) groups is 1. The Balaban J connectivity index is 1.72. The number of benzene rings is 1. The second kappa shape index (κ2) is 7.25. The van der Waals surface area contributed by atoms with Crippen molar-refractivity contribution in [1.29, 1.82) is 0 Å². The molecule has 0 unspecified atom stereocenters. The highest BCUT2D eigenvalue weighted by Crippen LogP contribution is 2.20. The summed E-state index contributed by atoms with van der Waals surface area (Å²) in [7, 11) is 0. The molecule has 0 radical (unpaired) electrons. The van der Waals surface area contributed by atoms with Gasteiger partial charge < -0.3 is 5.32 Å². The zero-order valence-electron chi connectivity index (χ0n) is 12.7. The van der Waals surface area contributed by atoms with Gasteiger partial charge in [-0.25, -0.2) is 4.98 Å². The molecule has 0 fully saturated rings. The van der Waals surface area contributed by atoms with Gasteiger partial charge >= 0.3 is 0 Å². The molecule has 9 heteroatoms. The van der Waals surface area contributed by atoms with E-state index in [-0.39, 0.29) is 12.5 Å². The standard InChI is InChI=1S/C15H14ClN5OS2/c1-9-17-6-12(24-9)7-18-13(22)8-21-14(19-20-15(21)23)10-2-4-11(16)5-3-10/h2-6H,7-8H2,1H3,(H,18,22)(H,20,23). The van der Waals surface area contributed by atoms with Crippen molar-refractivity contribution in [3.63, 3.8) is 0 Å². The van der Waals surface area contributed by atoms with Crippen LogP contribution in [-0.2, 0) is 17.9 Å². The molecule has 1 aromatic carbocycles. The fourth-order valence-electron chi connectivity index (χ4n) is 2.16. The van der Waals surface area contributed by atoms with E-state index in [2.05, 4.69) is 20.5 Å². The first kappa shape index (κ1) is 16.8. The Hall–Kier alpha value is -2.03. The Morgan fingerprint density at radius 3 is 2.83 bits per heavy atom. The molecule has 3 rings (SSSR count). The van der Waals surface area contributed by atoms with Crippen LogP contribution in [-0.4, -0.2) is 25.7 Å². The molecule has 0 aliphatic carbocycles. The zero-order chi connectivity index (χ0) is 17.1. The van der Waals surface area contributed by atoms with Gasteiger partial charge in [0.1, 0.15) is 6.54 Å². The van der Waals surface area contributed by atoms with E-state index in [1.54, 1.807) is 34.2 Å². The average molecular weight is 380 g/mol. The summed E-state index contributed by atoms with van der Waals surface area (Å²) in [5, 5.41) is 11.4. The molecule has 6 nitrogen and oxygen atoms in total. The van der Waals surface area contributed by atoms with Crippen LogP contribution >= 0.6 is 35.2 Å². The first-order valence-corrected chi connectivity index (χ1v) is 8.72. The van der Waals surface area contributed by atoms with Crippen LogP contribution in [0.1, 0.15) is 9.88 Å². The second-order valence-electron chi connectivity index (χ2n) is 5.07. The summed E-state index contributed by atoms with van der Waals surface area (Å²) >= 11 is 12.7. The largest absolute Gasteiger partial charge is 0.350 e. The lowest BCUT2D eigenvalue weighted by atomic mass is 10.2. The van der Waals surface area contributed by atoms with E-state index < -0.39 is 0 Å². The molecular formula is C15H14ClN5OS2. The van der Waals surface area contributed by atoms with E-state index in [9.17, 15) is 4.79 Å². The van der Waals surface area contributed by atoms with Gasteiger partial charge in [0.05, 0.1) is 11.6 Å². The normalized spacial score (nSPS) is 10.8. The average Bonchev–Trinajstić information content (AvgIpc) is 3.13. The van der Waals surface area contributed by atoms with Crippen LogP contribution in [0.3, 0.4) is 0 Å². The summed E-state index contributed by atoms with van der Waals surface area (Å²) in [6.07, 6.45) is 1.77. The number of thiazole rings is 1. The van der Waals surface area contributed by atoms with Crippen molar-refractivity contribution >= 4 is 41.1 Å². The first-order chi connectivity index (χ1) is 11.5. The maximum atomic E-state index is 12.2. The Morgan fingerprint density at radius 1 is 1.42 bits per heavy atom. The van der Waals surface area contributed by atoms with Gasteiger partial charge in [0.15, 0.2) is 10.6 Å². The molecule has 2 N–H and O–H groups in total. The smallest absolute Gasteiger partial charge is 0.240 e. The summed E-state index contributed by atoms with van der Waals surface area (Å²) < 4.78 is 2.05. The third kappa shape index (κ3) is 3.89. The molecule has 1 amide bonds. The first-order valence-electron chi connectivity index (χ1n) is 7.12. The predicted octanol–water partition coefficient (Wildman–Crippen LogP) is 3.34. The highest BCUT2D eigenvalue weighted by atomic mass is 35.5. The van der Waals surface area contributed by atoms with Gasteiger partial charge in [0.25, 0.3) is 0 Å². The van der Waals surface area contributed by atoms with Crippen LogP contribution in [0, 0.1) is 11.7 Å². The number of aryl methyl sites for hydroxylation is 1. The number of H-pyrrole nitrogens is 1. The Kier molecular flexibility index (Phi) is 5.08. The molecule has 2 heterocycles. The summed E-state index contributed by atoms with van der Waals surface area (Å²) in [5.74, 6) is 0.453. The van der Waals surface area contributed by atoms with Crippen molar-refractivity contribution in [2.75, 3.05) is 0 Å². The lowest BCUT2D eigenvalue weighted by Crippen LogP contribution is -2.27. The maximum Gasteiger partial charge on any atom is 0.240 e. The molecule has 0 aliphatic rings. The van der Waals surface area contributed by atoms with Crippen LogP contribution in [0.4, 0.5) is 0 Å². The number of rotatable bonds is 5. The summed E-state index contributed by atoms with van der Waals surface area (Å²) in [6.45, 7) is 2.47. The van der Waals surface area contributed by atoms with E-state index >= 15 is 0 Å². The fourth-order valence-corrected chi connectivity index (χ4v) is 3.21. The fraction of sp³-hybridized carbons (Fsp3) is 0.200. The van der Waals surface area contributed by atoms with Crippen molar-refractivity contribution in [3.8, 4) is 11.4 Å². The highest BCUT2D eigenvalue weighted by molar-refractivity contribution is 7.71. The van der Waals surface area contributed by atoms with Gasteiger partial charge in [0.2, 0.25) is 5.91 Å². The molecule has 0 aliphatic heterocycles. The van der Waals surface area contributed by atoms with E-state index in [1.807, 2.05) is 19.1 Å². The van der Waals surface area contributed by atoms with E-state index in [0.29, 0.717) is 22.2 Å². The van der Waals surface area contributed by atoms with Crippen LogP contribution in [0.25, 0.3) is 11.4 Å². The van der Waals surface area contributed by atoms with E-state index in [4.69, 9.17) is 23.8 Å². The quantitative estimate of drug-likeness (QED) is 0.666. The molecular weight excluding hydrogens is 366 g/mol. The minimum absolute atomic E-state index is 0.0884. The van der Waals surface area contributed by atoms with Gasteiger partial charge in [-0.05, 0) is 43.4 Å². The summed E-state index contributed by atoms with van der Waals surface area (Å²) in [6, 6.07) is 7.21. The number of aromatic amines is 1. The molecule has 2 aromatic heterocycles. The van der Waals surface area contributed by atoms with Gasteiger partial charge in [-0.1, -0.05) is 11.6 Å². The zero-order valence-corrected chi connectivity index (χ0v) is 15.1. The predicted molar refractivity (Wildman–Crippen MR) is 96.6 cm³/mol. The summed E-state index contributed by atoms with van der Waals surface area (Å²) in [4.78, 5) is 17.4. The molecule has 0 saturated carbocycles.